The van der Waals surface area contributed by atoms with E-state index in [1.165, 1.54) is 16.6 Å². The standard InChI is InChI=1S/C12H17N3/c1-8-4-11-12(5-9(8)2)15(7-14-11)6-10(3)13/h4-5,7,10H,6,13H2,1-3H3/t10-/m1/s1. The van der Waals surface area contributed by atoms with Crippen LogP contribution in [0, 0.1) is 13.8 Å². The molecule has 0 aliphatic carbocycles. The molecule has 3 nitrogen and oxygen atoms in total. The summed E-state index contributed by atoms with van der Waals surface area (Å²) in [5, 5.41) is 0. The Kier molecular flexibility index (Phi) is 2.49. The van der Waals surface area contributed by atoms with Crippen LogP contribution in [0.4, 0.5) is 0 Å². The van der Waals surface area contributed by atoms with E-state index in [1.54, 1.807) is 0 Å². The molecule has 0 saturated heterocycles. The number of aromatic nitrogens is 2. The highest BCUT2D eigenvalue weighted by Crippen LogP contribution is 2.18. The molecular formula is C12H17N3. The molecule has 80 valence electrons. The molecule has 0 amide bonds. The molecule has 1 aromatic heterocycles. The third-order valence-electron chi connectivity index (χ3n) is 2.72. The first-order valence-corrected chi connectivity index (χ1v) is 5.25. The van der Waals surface area contributed by atoms with Gasteiger partial charge in [-0.05, 0) is 44.0 Å². The maximum Gasteiger partial charge on any atom is 0.0958 e. The molecule has 0 radical (unpaired) electrons. The van der Waals surface area contributed by atoms with Gasteiger partial charge >= 0.3 is 0 Å². The molecule has 0 saturated carbocycles. The third kappa shape index (κ3) is 1.88. The van der Waals surface area contributed by atoms with Crippen molar-refractivity contribution >= 4 is 11.0 Å². The van der Waals surface area contributed by atoms with Crippen molar-refractivity contribution in [2.24, 2.45) is 5.73 Å². The highest BCUT2D eigenvalue weighted by Gasteiger charge is 2.05. The molecule has 15 heavy (non-hydrogen) atoms. The number of hydrogen-bond donors (Lipinski definition) is 1. The lowest BCUT2D eigenvalue weighted by molar-refractivity contribution is 0.602. The van der Waals surface area contributed by atoms with E-state index in [9.17, 15) is 0 Å². The third-order valence-corrected chi connectivity index (χ3v) is 2.72. The molecule has 0 aliphatic rings. The minimum atomic E-state index is 0.156. The highest BCUT2D eigenvalue weighted by atomic mass is 15.1. The SMILES string of the molecule is Cc1cc2ncn(C[C@@H](C)N)c2cc1C. The Labute approximate surface area is 89.9 Å². The number of benzene rings is 1. The van der Waals surface area contributed by atoms with Crippen molar-refractivity contribution in [3.05, 3.63) is 29.6 Å². The van der Waals surface area contributed by atoms with Crippen LogP contribution in [-0.2, 0) is 6.54 Å². The summed E-state index contributed by atoms with van der Waals surface area (Å²) in [5.74, 6) is 0. The Morgan fingerprint density at radius 1 is 1.33 bits per heavy atom. The number of aryl methyl sites for hydroxylation is 2. The molecule has 1 atom stereocenters. The number of hydrogen-bond acceptors (Lipinski definition) is 2. The van der Waals surface area contributed by atoms with Crippen molar-refractivity contribution in [1.82, 2.24) is 9.55 Å². The van der Waals surface area contributed by atoms with Crippen LogP contribution in [0.3, 0.4) is 0 Å². The minimum absolute atomic E-state index is 0.156. The van der Waals surface area contributed by atoms with E-state index < -0.39 is 0 Å². The number of nitrogens with two attached hydrogens (primary N) is 1. The van der Waals surface area contributed by atoms with Gasteiger partial charge in [-0.15, -0.1) is 0 Å². The molecule has 0 fully saturated rings. The van der Waals surface area contributed by atoms with E-state index in [1.807, 2.05) is 13.3 Å². The lowest BCUT2D eigenvalue weighted by Gasteiger charge is -2.08. The fraction of sp³-hybridized carbons (Fsp3) is 0.417. The Morgan fingerprint density at radius 2 is 2.00 bits per heavy atom. The quantitative estimate of drug-likeness (QED) is 0.811. The van der Waals surface area contributed by atoms with Crippen molar-refractivity contribution in [2.75, 3.05) is 0 Å². The zero-order valence-electron chi connectivity index (χ0n) is 9.49. The van der Waals surface area contributed by atoms with Gasteiger partial charge in [0, 0.05) is 12.6 Å². The number of imidazole rings is 1. The second-order valence-electron chi connectivity index (χ2n) is 4.30. The molecule has 3 heteroatoms. The monoisotopic (exact) mass is 203 g/mol. The summed E-state index contributed by atoms with van der Waals surface area (Å²) >= 11 is 0. The van der Waals surface area contributed by atoms with Crippen LogP contribution in [0.15, 0.2) is 18.5 Å². The second kappa shape index (κ2) is 3.66. The highest BCUT2D eigenvalue weighted by molar-refractivity contribution is 5.77. The smallest absolute Gasteiger partial charge is 0.0958 e. The van der Waals surface area contributed by atoms with Crippen molar-refractivity contribution in [2.45, 2.75) is 33.4 Å². The van der Waals surface area contributed by atoms with Crippen LogP contribution in [0.2, 0.25) is 0 Å². The van der Waals surface area contributed by atoms with Gasteiger partial charge in [-0.2, -0.15) is 0 Å². The van der Waals surface area contributed by atoms with Gasteiger partial charge in [-0.3, -0.25) is 0 Å². The average Bonchev–Trinajstić information content (AvgIpc) is 2.49. The molecule has 0 aliphatic heterocycles. The van der Waals surface area contributed by atoms with Gasteiger partial charge in [-0.1, -0.05) is 0 Å². The van der Waals surface area contributed by atoms with Gasteiger partial charge in [0.15, 0.2) is 0 Å². The molecular weight excluding hydrogens is 186 g/mol. The summed E-state index contributed by atoms with van der Waals surface area (Å²) in [6.07, 6.45) is 1.87. The van der Waals surface area contributed by atoms with Crippen LogP contribution in [0.25, 0.3) is 11.0 Å². The molecule has 2 rings (SSSR count). The van der Waals surface area contributed by atoms with Gasteiger partial charge in [0.25, 0.3) is 0 Å². The van der Waals surface area contributed by atoms with Gasteiger partial charge in [0.2, 0.25) is 0 Å². The molecule has 0 unspecified atom stereocenters. The van der Waals surface area contributed by atoms with Crippen LogP contribution >= 0.6 is 0 Å². The first kappa shape index (κ1) is 10.2. The maximum absolute atomic E-state index is 5.79. The average molecular weight is 203 g/mol. The predicted molar refractivity (Wildman–Crippen MR) is 62.9 cm³/mol. The zero-order chi connectivity index (χ0) is 11.0. The molecule has 1 heterocycles. The maximum atomic E-state index is 5.79. The van der Waals surface area contributed by atoms with Gasteiger partial charge < -0.3 is 10.3 Å². The van der Waals surface area contributed by atoms with E-state index >= 15 is 0 Å². The molecule has 2 aromatic rings. The summed E-state index contributed by atoms with van der Waals surface area (Å²) in [4.78, 5) is 4.38. The van der Waals surface area contributed by atoms with E-state index in [2.05, 4.69) is 35.5 Å². The Hall–Kier alpha value is -1.35. The number of nitrogens with zero attached hydrogens (tertiary/aromatic N) is 2. The molecule has 2 N–H and O–H groups in total. The van der Waals surface area contributed by atoms with Gasteiger partial charge in [-0.25, -0.2) is 4.98 Å². The topological polar surface area (TPSA) is 43.8 Å². The van der Waals surface area contributed by atoms with Crippen LogP contribution in [0.5, 0.6) is 0 Å². The number of rotatable bonds is 2. The summed E-state index contributed by atoms with van der Waals surface area (Å²) in [6.45, 7) is 7.06. The summed E-state index contributed by atoms with van der Waals surface area (Å²) in [5.41, 5.74) is 10.6. The Bertz CT molecular complexity index is 483. The Morgan fingerprint density at radius 3 is 2.67 bits per heavy atom. The molecule has 0 spiro atoms. The fourth-order valence-electron chi connectivity index (χ4n) is 1.77. The summed E-state index contributed by atoms with van der Waals surface area (Å²) < 4.78 is 2.12. The summed E-state index contributed by atoms with van der Waals surface area (Å²) in [6, 6.07) is 4.46. The normalized spacial score (nSPS) is 13.3. The number of fused-ring (bicyclic) bond motifs is 1. The van der Waals surface area contributed by atoms with Crippen LogP contribution in [-0.4, -0.2) is 15.6 Å². The van der Waals surface area contributed by atoms with Crippen LogP contribution < -0.4 is 5.73 Å². The van der Waals surface area contributed by atoms with Crippen molar-refractivity contribution in [3.63, 3.8) is 0 Å². The van der Waals surface area contributed by atoms with E-state index in [0.717, 1.165) is 12.1 Å². The van der Waals surface area contributed by atoms with Gasteiger partial charge in [0.1, 0.15) is 0 Å². The molecule has 0 bridgehead atoms. The zero-order valence-corrected chi connectivity index (χ0v) is 9.49. The molecule has 1 aromatic carbocycles. The lowest BCUT2D eigenvalue weighted by atomic mass is 10.1. The largest absolute Gasteiger partial charge is 0.329 e. The summed E-state index contributed by atoms with van der Waals surface area (Å²) in [7, 11) is 0. The van der Waals surface area contributed by atoms with Crippen molar-refractivity contribution in [3.8, 4) is 0 Å². The van der Waals surface area contributed by atoms with Crippen molar-refractivity contribution in [1.29, 1.82) is 0 Å². The van der Waals surface area contributed by atoms with Crippen molar-refractivity contribution < 1.29 is 0 Å². The first-order chi connectivity index (χ1) is 7.08. The van der Waals surface area contributed by atoms with E-state index in [0.29, 0.717) is 0 Å². The minimum Gasteiger partial charge on any atom is -0.329 e. The predicted octanol–water partition coefficient (Wildman–Crippen LogP) is 2.00. The fourth-order valence-corrected chi connectivity index (χ4v) is 1.77. The van der Waals surface area contributed by atoms with E-state index in [4.69, 9.17) is 5.73 Å². The second-order valence-corrected chi connectivity index (χ2v) is 4.30. The first-order valence-electron chi connectivity index (χ1n) is 5.25. The van der Waals surface area contributed by atoms with E-state index in [-0.39, 0.29) is 6.04 Å². The Balaban J connectivity index is 2.54. The lowest BCUT2D eigenvalue weighted by Crippen LogP contribution is -2.21. The van der Waals surface area contributed by atoms with Gasteiger partial charge in [0.05, 0.1) is 17.4 Å². The van der Waals surface area contributed by atoms with Crippen LogP contribution in [0.1, 0.15) is 18.1 Å².